The molecule has 0 saturated carbocycles. The number of oxazole rings is 1. The van der Waals surface area contributed by atoms with E-state index in [-0.39, 0.29) is 5.41 Å². The van der Waals surface area contributed by atoms with Crippen molar-refractivity contribution in [3.63, 3.8) is 0 Å². The number of fused-ring (bicyclic) bond motifs is 1. The first-order valence-corrected chi connectivity index (χ1v) is 6.80. The fourth-order valence-corrected chi connectivity index (χ4v) is 2.32. The monoisotopic (exact) mass is 295 g/mol. The summed E-state index contributed by atoms with van der Waals surface area (Å²) in [6.07, 6.45) is 1.95. The Hall–Kier alpha value is -0.830. The average molecular weight is 296 g/mol. The molecule has 0 fully saturated rings. The fourth-order valence-electron chi connectivity index (χ4n) is 1.79. The quantitative estimate of drug-likeness (QED) is 0.792. The molecule has 1 aromatic heterocycles. The largest absolute Gasteiger partial charge is 0.440 e. The van der Waals surface area contributed by atoms with Gasteiger partial charge < -0.3 is 4.42 Å². The molecule has 0 aliphatic heterocycles. The van der Waals surface area contributed by atoms with Gasteiger partial charge in [-0.3, -0.25) is 0 Å². The van der Waals surface area contributed by atoms with Crippen LogP contribution < -0.4 is 0 Å². The van der Waals surface area contributed by atoms with Crippen LogP contribution in [-0.4, -0.2) is 4.98 Å². The first kappa shape index (κ1) is 12.6. The first-order chi connectivity index (χ1) is 7.91. The number of nitrogens with zero attached hydrogens (tertiary/aromatic N) is 1. The summed E-state index contributed by atoms with van der Waals surface area (Å²) in [7, 11) is 0. The van der Waals surface area contributed by atoms with Crippen molar-refractivity contribution in [1.29, 1.82) is 0 Å². The van der Waals surface area contributed by atoms with Crippen molar-refractivity contribution in [3.05, 3.63) is 28.1 Å². The van der Waals surface area contributed by atoms with Crippen molar-refractivity contribution in [2.45, 2.75) is 46.0 Å². The smallest absolute Gasteiger partial charge is 0.195 e. The van der Waals surface area contributed by atoms with Crippen LogP contribution in [0.1, 0.15) is 45.6 Å². The van der Waals surface area contributed by atoms with Gasteiger partial charge in [0.15, 0.2) is 11.5 Å². The Labute approximate surface area is 111 Å². The number of aromatic nitrogens is 1. The number of benzene rings is 1. The standard InChI is InChI=1S/C14H18BrNO/c1-5-6-12-16-11-8-9(14(2,3)4)7-10(15)13(11)17-12/h7-8H,5-6H2,1-4H3. The Kier molecular flexibility index (Phi) is 3.30. The summed E-state index contributed by atoms with van der Waals surface area (Å²) >= 11 is 3.57. The Balaban J connectivity index is 2.57. The maximum absolute atomic E-state index is 5.75. The van der Waals surface area contributed by atoms with Crippen LogP contribution in [0.15, 0.2) is 21.0 Å². The van der Waals surface area contributed by atoms with Crippen LogP contribution in [0.5, 0.6) is 0 Å². The minimum atomic E-state index is 0.126. The van der Waals surface area contributed by atoms with E-state index >= 15 is 0 Å². The maximum atomic E-state index is 5.75. The van der Waals surface area contributed by atoms with Gasteiger partial charge >= 0.3 is 0 Å². The highest BCUT2D eigenvalue weighted by atomic mass is 79.9. The molecule has 2 rings (SSSR count). The lowest BCUT2D eigenvalue weighted by Crippen LogP contribution is -2.10. The molecule has 0 unspecified atom stereocenters. The molecule has 17 heavy (non-hydrogen) atoms. The van der Waals surface area contributed by atoms with Gasteiger partial charge in [0.25, 0.3) is 0 Å². The summed E-state index contributed by atoms with van der Waals surface area (Å²) in [4.78, 5) is 4.54. The molecule has 0 saturated heterocycles. The minimum absolute atomic E-state index is 0.126. The van der Waals surface area contributed by atoms with E-state index in [0.717, 1.165) is 34.3 Å². The number of hydrogen-bond donors (Lipinski definition) is 0. The molecule has 0 bridgehead atoms. The Morgan fingerprint density at radius 1 is 1.29 bits per heavy atom. The summed E-state index contributed by atoms with van der Waals surface area (Å²) in [5.74, 6) is 0.828. The Bertz CT molecular complexity index is 537. The van der Waals surface area contributed by atoms with Gasteiger partial charge in [-0.25, -0.2) is 4.98 Å². The molecule has 92 valence electrons. The maximum Gasteiger partial charge on any atom is 0.195 e. The highest BCUT2D eigenvalue weighted by molar-refractivity contribution is 9.10. The summed E-state index contributed by atoms with van der Waals surface area (Å²) in [6, 6.07) is 4.26. The van der Waals surface area contributed by atoms with Crippen LogP contribution in [0.2, 0.25) is 0 Å². The van der Waals surface area contributed by atoms with Gasteiger partial charge in [-0.15, -0.1) is 0 Å². The molecule has 2 aromatic rings. The number of rotatable bonds is 2. The van der Waals surface area contributed by atoms with Crippen molar-refractivity contribution in [1.82, 2.24) is 4.98 Å². The Morgan fingerprint density at radius 2 is 2.00 bits per heavy atom. The van der Waals surface area contributed by atoms with Gasteiger partial charge in [0.2, 0.25) is 0 Å². The van der Waals surface area contributed by atoms with E-state index in [1.165, 1.54) is 5.56 Å². The molecule has 1 aromatic carbocycles. The zero-order valence-electron chi connectivity index (χ0n) is 10.8. The highest BCUT2D eigenvalue weighted by Gasteiger charge is 2.18. The van der Waals surface area contributed by atoms with Gasteiger partial charge in [0.1, 0.15) is 5.52 Å². The molecule has 0 spiro atoms. The summed E-state index contributed by atoms with van der Waals surface area (Å²) in [5.41, 5.74) is 3.21. The second-order valence-electron chi connectivity index (χ2n) is 5.41. The summed E-state index contributed by atoms with van der Waals surface area (Å²) in [6.45, 7) is 8.74. The van der Waals surface area contributed by atoms with Gasteiger partial charge in [-0.2, -0.15) is 0 Å². The van der Waals surface area contributed by atoms with Gasteiger partial charge in [-0.1, -0.05) is 27.7 Å². The van der Waals surface area contributed by atoms with Gasteiger partial charge in [-0.05, 0) is 45.5 Å². The molecule has 0 aliphatic carbocycles. The summed E-state index contributed by atoms with van der Waals surface area (Å²) < 4.78 is 6.74. The predicted molar refractivity (Wildman–Crippen MR) is 74.4 cm³/mol. The third kappa shape index (κ3) is 2.54. The normalized spacial score (nSPS) is 12.3. The van der Waals surface area contributed by atoms with Gasteiger partial charge in [0.05, 0.1) is 4.47 Å². The minimum Gasteiger partial charge on any atom is -0.440 e. The molecule has 0 N–H and O–H groups in total. The topological polar surface area (TPSA) is 26.0 Å². The van der Waals surface area contributed by atoms with Crippen molar-refractivity contribution in [3.8, 4) is 0 Å². The van der Waals surface area contributed by atoms with E-state index in [1.807, 2.05) is 0 Å². The van der Waals surface area contributed by atoms with Gasteiger partial charge in [0, 0.05) is 6.42 Å². The van der Waals surface area contributed by atoms with Crippen molar-refractivity contribution in [2.75, 3.05) is 0 Å². The number of aryl methyl sites for hydroxylation is 1. The van der Waals surface area contributed by atoms with E-state index in [0.29, 0.717) is 0 Å². The van der Waals surface area contributed by atoms with E-state index in [1.54, 1.807) is 0 Å². The predicted octanol–water partition coefficient (Wildman–Crippen LogP) is 4.84. The third-order valence-corrected chi connectivity index (χ3v) is 3.41. The molecule has 2 nitrogen and oxygen atoms in total. The highest BCUT2D eigenvalue weighted by Crippen LogP contribution is 2.32. The molecule has 3 heteroatoms. The molecule has 0 radical (unpaired) electrons. The van der Waals surface area contributed by atoms with Crippen molar-refractivity contribution < 1.29 is 4.42 Å². The van der Waals surface area contributed by atoms with E-state index in [9.17, 15) is 0 Å². The van der Waals surface area contributed by atoms with Crippen molar-refractivity contribution in [2.24, 2.45) is 0 Å². The second kappa shape index (κ2) is 4.45. The van der Waals surface area contributed by atoms with Crippen molar-refractivity contribution >= 4 is 27.0 Å². The lowest BCUT2D eigenvalue weighted by molar-refractivity contribution is 0.524. The van der Waals surface area contributed by atoms with Crippen LogP contribution in [0.4, 0.5) is 0 Å². The molecule has 0 aliphatic rings. The fraction of sp³-hybridized carbons (Fsp3) is 0.500. The lowest BCUT2D eigenvalue weighted by atomic mass is 9.87. The zero-order chi connectivity index (χ0) is 12.6. The van der Waals surface area contributed by atoms with E-state index < -0.39 is 0 Å². The van der Waals surface area contributed by atoms with Crippen LogP contribution in [-0.2, 0) is 11.8 Å². The Morgan fingerprint density at radius 3 is 2.59 bits per heavy atom. The summed E-state index contributed by atoms with van der Waals surface area (Å²) in [5, 5.41) is 0. The van der Waals surface area contributed by atoms with Crippen LogP contribution in [0, 0.1) is 0 Å². The number of halogens is 1. The third-order valence-electron chi connectivity index (χ3n) is 2.82. The zero-order valence-corrected chi connectivity index (χ0v) is 12.4. The molecule has 1 heterocycles. The molecule has 0 amide bonds. The molecular formula is C14H18BrNO. The average Bonchev–Trinajstić information content (AvgIpc) is 2.60. The second-order valence-corrected chi connectivity index (χ2v) is 6.27. The molecular weight excluding hydrogens is 278 g/mol. The van der Waals surface area contributed by atoms with Crippen LogP contribution in [0.3, 0.4) is 0 Å². The number of hydrogen-bond acceptors (Lipinski definition) is 2. The van der Waals surface area contributed by atoms with Crippen LogP contribution in [0.25, 0.3) is 11.1 Å². The molecule has 0 atom stereocenters. The van der Waals surface area contributed by atoms with Crippen LogP contribution >= 0.6 is 15.9 Å². The lowest BCUT2D eigenvalue weighted by Gasteiger charge is -2.18. The first-order valence-electron chi connectivity index (χ1n) is 6.01. The SMILES string of the molecule is CCCc1nc2cc(C(C)(C)C)cc(Br)c2o1. The van der Waals surface area contributed by atoms with E-state index in [4.69, 9.17) is 4.42 Å². The van der Waals surface area contributed by atoms with E-state index in [2.05, 4.69) is 60.7 Å².